The minimum Gasteiger partial charge on any atom is -0.394 e. The van der Waals surface area contributed by atoms with Crippen LogP contribution in [0.15, 0.2) is 48.5 Å². The molecule has 2 aromatic rings. The van der Waals surface area contributed by atoms with Crippen LogP contribution in [0.25, 0.3) is 0 Å². The molecule has 0 fully saturated rings. The molecule has 104 valence electrons. The average molecular weight is 290 g/mol. The normalized spacial score (nSPS) is 11.9. The maximum Gasteiger partial charge on any atom is 0.252 e. The van der Waals surface area contributed by atoms with Gasteiger partial charge in [0.05, 0.1) is 12.6 Å². The molecule has 4 heteroatoms. The molecule has 0 aliphatic carbocycles. The Labute approximate surface area is 123 Å². The van der Waals surface area contributed by atoms with E-state index >= 15 is 0 Å². The van der Waals surface area contributed by atoms with E-state index in [1.54, 1.807) is 30.3 Å². The molecule has 0 heterocycles. The van der Waals surface area contributed by atoms with Gasteiger partial charge in [0.15, 0.2) is 0 Å². The van der Waals surface area contributed by atoms with Gasteiger partial charge >= 0.3 is 0 Å². The van der Waals surface area contributed by atoms with Gasteiger partial charge in [-0.3, -0.25) is 4.79 Å². The highest BCUT2D eigenvalue weighted by atomic mass is 35.5. The van der Waals surface area contributed by atoms with Gasteiger partial charge in [-0.15, -0.1) is 0 Å². The molecule has 20 heavy (non-hydrogen) atoms. The van der Waals surface area contributed by atoms with Gasteiger partial charge in [-0.25, -0.2) is 0 Å². The SMILES string of the molecule is Cc1ccccc1C(=O)NC(CO)c1ccc(Cl)cc1. The highest BCUT2D eigenvalue weighted by molar-refractivity contribution is 6.30. The molecule has 3 nitrogen and oxygen atoms in total. The van der Waals surface area contributed by atoms with Crippen LogP contribution in [0.3, 0.4) is 0 Å². The Kier molecular flexibility index (Phi) is 4.77. The molecule has 2 rings (SSSR count). The van der Waals surface area contributed by atoms with Crippen molar-refractivity contribution in [3.05, 3.63) is 70.2 Å². The minimum atomic E-state index is -0.445. The topological polar surface area (TPSA) is 49.3 Å². The van der Waals surface area contributed by atoms with Gasteiger partial charge in [-0.2, -0.15) is 0 Å². The molecule has 2 N–H and O–H groups in total. The first-order chi connectivity index (χ1) is 9.61. The Morgan fingerprint density at radius 2 is 1.85 bits per heavy atom. The smallest absolute Gasteiger partial charge is 0.252 e. The van der Waals surface area contributed by atoms with Crippen molar-refractivity contribution in [1.29, 1.82) is 0 Å². The zero-order valence-corrected chi connectivity index (χ0v) is 11.9. The second kappa shape index (κ2) is 6.55. The molecule has 0 aliphatic rings. The van der Waals surface area contributed by atoms with Gasteiger partial charge in [0, 0.05) is 10.6 Å². The van der Waals surface area contributed by atoms with Crippen molar-refractivity contribution < 1.29 is 9.90 Å². The fourth-order valence-corrected chi connectivity index (χ4v) is 2.12. The number of aryl methyl sites for hydroxylation is 1. The maximum absolute atomic E-state index is 12.2. The Morgan fingerprint density at radius 3 is 2.45 bits per heavy atom. The number of hydrogen-bond donors (Lipinski definition) is 2. The summed E-state index contributed by atoms with van der Waals surface area (Å²) in [5.41, 5.74) is 2.33. The molecule has 0 aromatic heterocycles. The Hall–Kier alpha value is -1.84. The van der Waals surface area contributed by atoms with E-state index in [0.717, 1.165) is 11.1 Å². The largest absolute Gasteiger partial charge is 0.394 e. The van der Waals surface area contributed by atoms with Gasteiger partial charge in [0.25, 0.3) is 5.91 Å². The lowest BCUT2D eigenvalue weighted by Gasteiger charge is -2.17. The first kappa shape index (κ1) is 14.6. The summed E-state index contributed by atoms with van der Waals surface area (Å²) in [5, 5.41) is 12.9. The third-order valence-electron chi connectivity index (χ3n) is 3.15. The summed E-state index contributed by atoms with van der Waals surface area (Å²) in [6, 6.07) is 14.0. The third-order valence-corrected chi connectivity index (χ3v) is 3.40. The zero-order chi connectivity index (χ0) is 14.5. The first-order valence-corrected chi connectivity index (χ1v) is 6.72. The van der Waals surface area contributed by atoms with Crippen LogP contribution in [0.4, 0.5) is 0 Å². The van der Waals surface area contributed by atoms with Gasteiger partial charge in [0.1, 0.15) is 0 Å². The lowest BCUT2D eigenvalue weighted by Crippen LogP contribution is -2.31. The van der Waals surface area contributed by atoms with E-state index in [2.05, 4.69) is 5.32 Å². The summed E-state index contributed by atoms with van der Waals surface area (Å²) in [4.78, 5) is 12.2. The lowest BCUT2D eigenvalue weighted by molar-refractivity contribution is 0.0915. The summed E-state index contributed by atoms with van der Waals surface area (Å²) in [6.07, 6.45) is 0. The Morgan fingerprint density at radius 1 is 1.20 bits per heavy atom. The Balaban J connectivity index is 2.16. The van der Waals surface area contributed by atoms with Crippen LogP contribution in [-0.2, 0) is 0 Å². The van der Waals surface area contributed by atoms with Crippen molar-refractivity contribution in [1.82, 2.24) is 5.32 Å². The molecule has 1 atom stereocenters. The summed E-state index contributed by atoms with van der Waals surface area (Å²) < 4.78 is 0. The van der Waals surface area contributed by atoms with Crippen molar-refractivity contribution in [2.24, 2.45) is 0 Å². The molecule has 1 amide bonds. The molecule has 0 spiro atoms. The molecule has 2 aromatic carbocycles. The van der Waals surface area contributed by atoms with Crippen LogP contribution in [-0.4, -0.2) is 17.6 Å². The van der Waals surface area contributed by atoms with Crippen LogP contribution >= 0.6 is 11.6 Å². The first-order valence-electron chi connectivity index (χ1n) is 6.34. The standard InChI is InChI=1S/C16H16ClNO2/c1-11-4-2-3-5-14(11)16(20)18-15(10-19)12-6-8-13(17)9-7-12/h2-9,15,19H,10H2,1H3,(H,18,20). The van der Waals surface area contributed by atoms with Gasteiger partial charge in [-0.1, -0.05) is 41.9 Å². The van der Waals surface area contributed by atoms with Gasteiger partial charge < -0.3 is 10.4 Å². The fraction of sp³-hybridized carbons (Fsp3) is 0.188. The number of rotatable bonds is 4. The number of benzene rings is 2. The number of halogens is 1. The monoisotopic (exact) mass is 289 g/mol. The van der Waals surface area contributed by atoms with Crippen molar-refractivity contribution in [2.75, 3.05) is 6.61 Å². The lowest BCUT2D eigenvalue weighted by atomic mass is 10.1. The van der Waals surface area contributed by atoms with E-state index < -0.39 is 6.04 Å². The fourth-order valence-electron chi connectivity index (χ4n) is 1.99. The highest BCUT2D eigenvalue weighted by Gasteiger charge is 2.15. The third kappa shape index (κ3) is 3.38. The average Bonchev–Trinajstić information content (AvgIpc) is 2.46. The highest BCUT2D eigenvalue weighted by Crippen LogP contribution is 2.17. The summed E-state index contributed by atoms with van der Waals surface area (Å²) in [6.45, 7) is 1.71. The molecular formula is C16H16ClNO2. The van der Waals surface area contributed by atoms with Crippen LogP contribution in [0.5, 0.6) is 0 Å². The van der Waals surface area contributed by atoms with Crippen molar-refractivity contribution in [3.8, 4) is 0 Å². The number of aliphatic hydroxyl groups excluding tert-OH is 1. The Bertz CT molecular complexity index is 596. The summed E-state index contributed by atoms with van der Waals surface area (Å²) >= 11 is 5.83. The van der Waals surface area contributed by atoms with Crippen LogP contribution in [0.1, 0.15) is 27.5 Å². The number of amides is 1. The van der Waals surface area contributed by atoms with E-state index in [1.165, 1.54) is 0 Å². The number of hydrogen-bond acceptors (Lipinski definition) is 2. The van der Waals surface area contributed by atoms with Crippen molar-refractivity contribution in [3.63, 3.8) is 0 Å². The summed E-state index contributed by atoms with van der Waals surface area (Å²) in [5.74, 6) is -0.197. The molecule has 0 saturated heterocycles. The number of carbonyl (C=O) groups is 1. The van der Waals surface area contributed by atoms with E-state index in [-0.39, 0.29) is 12.5 Å². The second-order valence-corrected chi connectivity index (χ2v) is 5.01. The van der Waals surface area contributed by atoms with E-state index in [4.69, 9.17) is 11.6 Å². The molecule has 0 saturated carbocycles. The molecule has 0 radical (unpaired) electrons. The van der Waals surface area contributed by atoms with Crippen LogP contribution < -0.4 is 5.32 Å². The molecular weight excluding hydrogens is 274 g/mol. The maximum atomic E-state index is 12.2. The number of aliphatic hydroxyl groups is 1. The number of carbonyl (C=O) groups excluding carboxylic acids is 1. The minimum absolute atomic E-state index is 0.167. The van der Waals surface area contributed by atoms with Crippen molar-refractivity contribution in [2.45, 2.75) is 13.0 Å². The second-order valence-electron chi connectivity index (χ2n) is 4.58. The quantitative estimate of drug-likeness (QED) is 0.908. The van der Waals surface area contributed by atoms with Crippen LogP contribution in [0.2, 0.25) is 5.02 Å². The summed E-state index contributed by atoms with van der Waals surface area (Å²) in [7, 11) is 0. The van der Waals surface area contributed by atoms with Crippen molar-refractivity contribution >= 4 is 17.5 Å². The van der Waals surface area contributed by atoms with E-state index in [1.807, 2.05) is 25.1 Å². The zero-order valence-electron chi connectivity index (χ0n) is 11.1. The molecule has 0 aliphatic heterocycles. The van der Waals surface area contributed by atoms with E-state index in [0.29, 0.717) is 10.6 Å². The van der Waals surface area contributed by atoms with Gasteiger partial charge in [-0.05, 0) is 36.2 Å². The predicted octanol–water partition coefficient (Wildman–Crippen LogP) is 3.11. The predicted molar refractivity (Wildman–Crippen MR) is 79.9 cm³/mol. The number of nitrogens with one attached hydrogen (secondary N) is 1. The molecule has 1 unspecified atom stereocenters. The van der Waals surface area contributed by atoms with Gasteiger partial charge in [0.2, 0.25) is 0 Å². The van der Waals surface area contributed by atoms with E-state index in [9.17, 15) is 9.90 Å². The van der Waals surface area contributed by atoms with Crippen LogP contribution in [0, 0.1) is 6.92 Å². The molecule has 0 bridgehead atoms.